The molecule has 0 amide bonds. The molecule has 5 nitrogen and oxygen atoms in total. The smallest absolute Gasteiger partial charge is 0.101 e. The zero-order valence-electron chi connectivity index (χ0n) is 21.2. The van der Waals surface area contributed by atoms with Gasteiger partial charge in [-0.25, -0.2) is 4.98 Å². The van der Waals surface area contributed by atoms with Crippen molar-refractivity contribution in [1.82, 2.24) is 24.1 Å². The number of para-hydroxylation sites is 2. The third kappa shape index (κ3) is 2.68. The van der Waals surface area contributed by atoms with Crippen molar-refractivity contribution in [3.8, 4) is 5.69 Å². The van der Waals surface area contributed by atoms with Crippen LogP contribution in [-0.4, -0.2) is 24.1 Å². The summed E-state index contributed by atoms with van der Waals surface area (Å²) in [7, 11) is 0. The quantitative estimate of drug-likeness (QED) is 0.233. The monoisotopic (exact) mass is 491 g/mol. The Hall–Kier alpha value is -4.77. The van der Waals surface area contributed by atoms with E-state index in [9.17, 15) is 0 Å². The Morgan fingerprint density at radius 2 is 1.42 bits per heavy atom. The second-order valence-electron chi connectivity index (χ2n) is 10.4. The zero-order chi connectivity index (χ0) is 25.4. The second-order valence-corrected chi connectivity index (χ2v) is 10.4. The van der Waals surface area contributed by atoms with Gasteiger partial charge in [-0.3, -0.25) is 9.97 Å². The number of pyridine rings is 2. The van der Waals surface area contributed by atoms with E-state index in [1.165, 1.54) is 21.8 Å². The van der Waals surface area contributed by atoms with Gasteiger partial charge in [0.1, 0.15) is 5.52 Å². The van der Waals surface area contributed by atoms with Crippen molar-refractivity contribution in [1.29, 1.82) is 0 Å². The average molecular weight is 492 g/mol. The lowest BCUT2D eigenvalue weighted by Gasteiger charge is -2.35. The number of imidazole rings is 1. The van der Waals surface area contributed by atoms with Gasteiger partial charge in [-0.1, -0.05) is 67.6 Å². The first-order chi connectivity index (χ1) is 18.7. The van der Waals surface area contributed by atoms with Gasteiger partial charge < -0.3 is 9.13 Å². The van der Waals surface area contributed by atoms with E-state index in [2.05, 4.69) is 108 Å². The number of allylic oxidation sites excluding steroid dienone is 4. The van der Waals surface area contributed by atoms with Crippen molar-refractivity contribution in [2.45, 2.75) is 19.4 Å². The van der Waals surface area contributed by atoms with Crippen LogP contribution in [0.3, 0.4) is 0 Å². The molecule has 0 spiro atoms. The molecule has 182 valence electrons. The minimum atomic E-state index is -0.278. The molecule has 0 saturated carbocycles. The number of fused-ring (bicyclic) bond motifs is 9. The number of hydrogen-bond donors (Lipinski definition) is 0. The van der Waals surface area contributed by atoms with Crippen LogP contribution in [0.1, 0.15) is 13.8 Å². The largest absolute Gasteiger partial charge is 0.320 e. The van der Waals surface area contributed by atoms with Crippen molar-refractivity contribution in [2.24, 2.45) is 5.92 Å². The fraction of sp³-hybridized carbons (Fsp3) is 0.121. The molecule has 0 fully saturated rings. The topological polar surface area (TPSA) is 48.5 Å². The summed E-state index contributed by atoms with van der Waals surface area (Å²) in [5.41, 5.74) is 6.94. The third-order valence-corrected chi connectivity index (χ3v) is 8.43. The van der Waals surface area contributed by atoms with E-state index in [1.807, 2.05) is 24.8 Å². The standard InChI is InChI=1S/C33H25N5/c1-21-10-7-8-17-33(21,2)37-20-36-30-24-13-9-18-34-29(24)31-28(32(30)37)27(16-19-35-31)38-25-14-5-3-11-22(25)23-12-4-6-15-26(23)38/h3-21H,1-2H3. The number of benzene rings is 3. The summed E-state index contributed by atoms with van der Waals surface area (Å²) in [4.78, 5) is 14.8. The Morgan fingerprint density at radius 1 is 0.711 bits per heavy atom. The van der Waals surface area contributed by atoms with E-state index in [0.29, 0.717) is 0 Å². The lowest BCUT2D eigenvalue weighted by atomic mass is 9.83. The summed E-state index contributed by atoms with van der Waals surface area (Å²) in [6.07, 6.45) is 14.6. The Kier molecular flexibility index (Phi) is 4.28. The maximum atomic E-state index is 5.03. The van der Waals surface area contributed by atoms with Crippen LogP contribution in [0.25, 0.3) is 60.3 Å². The molecule has 2 unspecified atom stereocenters. The molecule has 0 saturated heterocycles. The summed E-state index contributed by atoms with van der Waals surface area (Å²) in [6.45, 7) is 4.55. The SMILES string of the molecule is CC1C=CC=CC1(C)n1cnc2c3cccnc3c3nccc(-n4c5ccccc5c5ccccc54)c3c21. The lowest BCUT2D eigenvalue weighted by Crippen LogP contribution is -2.34. The highest BCUT2D eigenvalue weighted by Crippen LogP contribution is 2.42. The molecule has 4 heterocycles. The first kappa shape index (κ1) is 21.3. The van der Waals surface area contributed by atoms with E-state index in [-0.39, 0.29) is 11.5 Å². The van der Waals surface area contributed by atoms with Crippen LogP contribution >= 0.6 is 0 Å². The number of aromatic nitrogens is 5. The van der Waals surface area contributed by atoms with Gasteiger partial charge >= 0.3 is 0 Å². The fourth-order valence-electron chi connectivity index (χ4n) is 6.30. The molecule has 5 heteroatoms. The van der Waals surface area contributed by atoms with Gasteiger partial charge in [0.05, 0.1) is 50.5 Å². The van der Waals surface area contributed by atoms with E-state index in [4.69, 9.17) is 15.0 Å². The van der Waals surface area contributed by atoms with E-state index in [0.717, 1.165) is 38.5 Å². The van der Waals surface area contributed by atoms with Gasteiger partial charge in [-0.05, 0) is 37.3 Å². The molecule has 0 bridgehead atoms. The molecule has 38 heavy (non-hydrogen) atoms. The highest BCUT2D eigenvalue weighted by molar-refractivity contribution is 6.24. The van der Waals surface area contributed by atoms with Gasteiger partial charge in [0.15, 0.2) is 0 Å². The second kappa shape index (κ2) is 7.62. The van der Waals surface area contributed by atoms with Crippen LogP contribution in [0, 0.1) is 5.92 Å². The number of nitrogens with zero attached hydrogens (tertiary/aromatic N) is 5. The van der Waals surface area contributed by atoms with Gasteiger partial charge in [0, 0.05) is 34.5 Å². The lowest BCUT2D eigenvalue weighted by molar-refractivity contribution is 0.327. The van der Waals surface area contributed by atoms with E-state index in [1.54, 1.807) is 0 Å². The van der Waals surface area contributed by atoms with Gasteiger partial charge in [-0.15, -0.1) is 0 Å². The van der Waals surface area contributed by atoms with E-state index >= 15 is 0 Å². The van der Waals surface area contributed by atoms with Crippen molar-refractivity contribution in [3.05, 3.63) is 110 Å². The molecule has 1 aliphatic carbocycles. The molecule has 2 atom stereocenters. The normalized spacial score (nSPS) is 19.5. The van der Waals surface area contributed by atoms with Crippen molar-refractivity contribution >= 4 is 54.6 Å². The van der Waals surface area contributed by atoms with Gasteiger partial charge in [0.2, 0.25) is 0 Å². The summed E-state index contributed by atoms with van der Waals surface area (Å²) in [6, 6.07) is 23.5. The molecular weight excluding hydrogens is 466 g/mol. The Morgan fingerprint density at radius 3 is 2.18 bits per heavy atom. The summed E-state index contributed by atoms with van der Waals surface area (Å²) >= 11 is 0. The predicted molar refractivity (Wildman–Crippen MR) is 156 cm³/mol. The van der Waals surface area contributed by atoms with Gasteiger partial charge in [-0.2, -0.15) is 0 Å². The highest BCUT2D eigenvalue weighted by Gasteiger charge is 2.33. The van der Waals surface area contributed by atoms with E-state index < -0.39 is 0 Å². The minimum absolute atomic E-state index is 0.278. The molecule has 0 aliphatic heterocycles. The van der Waals surface area contributed by atoms with Crippen LogP contribution in [0.5, 0.6) is 0 Å². The highest BCUT2D eigenvalue weighted by atomic mass is 15.1. The maximum absolute atomic E-state index is 5.03. The van der Waals surface area contributed by atoms with Crippen LogP contribution in [0.15, 0.2) is 110 Å². The Bertz CT molecular complexity index is 2070. The first-order valence-electron chi connectivity index (χ1n) is 13.0. The molecule has 0 radical (unpaired) electrons. The third-order valence-electron chi connectivity index (χ3n) is 8.43. The van der Waals surface area contributed by atoms with Crippen molar-refractivity contribution in [3.63, 3.8) is 0 Å². The molecule has 8 rings (SSSR count). The minimum Gasteiger partial charge on any atom is -0.320 e. The molecule has 0 N–H and O–H groups in total. The molecule has 4 aromatic heterocycles. The Labute approximate surface area is 219 Å². The van der Waals surface area contributed by atoms with Crippen LogP contribution in [0.2, 0.25) is 0 Å². The zero-order valence-corrected chi connectivity index (χ0v) is 21.2. The summed E-state index contributed by atoms with van der Waals surface area (Å²) in [5, 5.41) is 4.55. The summed E-state index contributed by atoms with van der Waals surface area (Å²) in [5.74, 6) is 0.290. The molecule has 3 aromatic carbocycles. The maximum Gasteiger partial charge on any atom is 0.101 e. The van der Waals surface area contributed by atoms with Crippen LogP contribution < -0.4 is 0 Å². The van der Waals surface area contributed by atoms with Gasteiger partial charge in [0.25, 0.3) is 0 Å². The van der Waals surface area contributed by atoms with Crippen molar-refractivity contribution < 1.29 is 0 Å². The van der Waals surface area contributed by atoms with Crippen LogP contribution in [0.4, 0.5) is 0 Å². The Balaban J connectivity index is 1.62. The number of rotatable bonds is 2. The summed E-state index contributed by atoms with van der Waals surface area (Å²) < 4.78 is 4.73. The molecule has 7 aromatic rings. The molecule has 1 aliphatic rings. The molecular formula is C33H25N5. The first-order valence-corrected chi connectivity index (χ1v) is 13.0. The van der Waals surface area contributed by atoms with Crippen molar-refractivity contribution in [2.75, 3.05) is 0 Å². The van der Waals surface area contributed by atoms with Crippen LogP contribution in [-0.2, 0) is 5.54 Å². The number of hydrogen-bond acceptors (Lipinski definition) is 3. The predicted octanol–water partition coefficient (Wildman–Crippen LogP) is 7.71. The fourth-order valence-corrected chi connectivity index (χ4v) is 6.30. The average Bonchev–Trinajstić information content (AvgIpc) is 3.55.